The van der Waals surface area contributed by atoms with Crippen LogP contribution in [0.25, 0.3) is 11.0 Å². The lowest BCUT2D eigenvalue weighted by Gasteiger charge is -2.30. The highest BCUT2D eigenvalue weighted by molar-refractivity contribution is 6.02. The zero-order valence-corrected chi connectivity index (χ0v) is 16.7. The summed E-state index contributed by atoms with van der Waals surface area (Å²) in [4.78, 5) is 38.9. The van der Waals surface area contributed by atoms with Crippen molar-refractivity contribution in [3.63, 3.8) is 0 Å². The van der Waals surface area contributed by atoms with Crippen molar-refractivity contribution in [3.05, 3.63) is 32.7 Å². The molecule has 154 valence electrons. The number of ether oxygens (including phenoxy) is 1. The predicted octanol–water partition coefficient (Wildman–Crippen LogP) is 2.75. The molecule has 0 radical (unpaired) electrons. The standard InChI is InChI=1S/C22H25NO6/c1-12-5-7-23(8-6-12)17(25)10-15-13(2)18-14-4-3-9-28-21(14)19(26)16(11-24)20(18)29-22(15)27/h11-12,26H,3-10H2,1-2H3. The summed E-state index contributed by atoms with van der Waals surface area (Å²) in [6.45, 7) is 5.78. The summed E-state index contributed by atoms with van der Waals surface area (Å²) >= 11 is 0. The Balaban J connectivity index is 1.82. The van der Waals surface area contributed by atoms with Crippen molar-refractivity contribution in [2.45, 2.75) is 46.0 Å². The molecule has 0 bridgehead atoms. The minimum Gasteiger partial charge on any atom is -0.504 e. The van der Waals surface area contributed by atoms with Gasteiger partial charge in [-0.3, -0.25) is 9.59 Å². The van der Waals surface area contributed by atoms with Crippen LogP contribution in [0.15, 0.2) is 9.21 Å². The Labute approximate surface area is 168 Å². The molecule has 3 heterocycles. The second-order valence-corrected chi connectivity index (χ2v) is 8.08. The number of rotatable bonds is 3. The van der Waals surface area contributed by atoms with E-state index in [-0.39, 0.29) is 35.0 Å². The largest absolute Gasteiger partial charge is 0.504 e. The van der Waals surface area contributed by atoms with Crippen molar-refractivity contribution in [2.75, 3.05) is 19.7 Å². The third-order valence-electron chi connectivity index (χ3n) is 6.19. The SMILES string of the molecule is Cc1c(CC(=O)N2CCC(C)CC2)c(=O)oc2c(C=O)c(O)c3c(c12)CCCO3. The number of aldehydes is 1. The summed E-state index contributed by atoms with van der Waals surface area (Å²) in [6.07, 6.45) is 3.74. The van der Waals surface area contributed by atoms with Crippen LogP contribution < -0.4 is 10.4 Å². The van der Waals surface area contributed by atoms with Crippen molar-refractivity contribution in [3.8, 4) is 11.5 Å². The number of phenolic OH excluding ortho intramolecular Hbond substituents is 1. The van der Waals surface area contributed by atoms with E-state index in [2.05, 4.69) is 6.92 Å². The Morgan fingerprint density at radius 1 is 1.31 bits per heavy atom. The van der Waals surface area contributed by atoms with E-state index in [0.717, 1.165) is 24.8 Å². The summed E-state index contributed by atoms with van der Waals surface area (Å²) in [5, 5.41) is 11.0. The fourth-order valence-corrected chi connectivity index (χ4v) is 4.37. The molecule has 1 saturated heterocycles. The first-order valence-electron chi connectivity index (χ1n) is 10.1. The van der Waals surface area contributed by atoms with Gasteiger partial charge in [0.1, 0.15) is 5.56 Å². The molecule has 7 heteroatoms. The van der Waals surface area contributed by atoms with Crippen LogP contribution in [0.3, 0.4) is 0 Å². The first-order valence-corrected chi connectivity index (χ1v) is 10.1. The van der Waals surface area contributed by atoms with E-state index in [9.17, 15) is 19.5 Å². The number of carbonyl (C=O) groups excluding carboxylic acids is 2. The molecule has 2 aliphatic rings. The highest BCUT2D eigenvalue weighted by Gasteiger charge is 2.29. The van der Waals surface area contributed by atoms with Crippen LogP contribution in [0.5, 0.6) is 11.5 Å². The summed E-state index contributed by atoms with van der Waals surface area (Å²) in [7, 11) is 0. The number of nitrogens with zero attached hydrogens (tertiary/aromatic N) is 1. The van der Waals surface area contributed by atoms with E-state index in [1.807, 2.05) is 0 Å². The smallest absolute Gasteiger partial charge is 0.340 e. The molecule has 0 aliphatic carbocycles. The molecule has 1 fully saturated rings. The van der Waals surface area contributed by atoms with Crippen LogP contribution in [-0.2, 0) is 17.6 Å². The summed E-state index contributed by atoms with van der Waals surface area (Å²) in [5.41, 5.74) is 0.955. The van der Waals surface area contributed by atoms with E-state index >= 15 is 0 Å². The van der Waals surface area contributed by atoms with Crippen LogP contribution in [0, 0.1) is 12.8 Å². The number of hydrogen-bond donors (Lipinski definition) is 1. The number of fused-ring (bicyclic) bond motifs is 3. The Kier molecular flexibility index (Phi) is 5.06. The van der Waals surface area contributed by atoms with Gasteiger partial charge in [0, 0.05) is 24.0 Å². The van der Waals surface area contributed by atoms with Gasteiger partial charge in [0.2, 0.25) is 5.91 Å². The lowest BCUT2D eigenvalue weighted by atomic mass is 9.92. The van der Waals surface area contributed by atoms with E-state index < -0.39 is 5.63 Å². The van der Waals surface area contributed by atoms with Gasteiger partial charge in [0.15, 0.2) is 23.4 Å². The van der Waals surface area contributed by atoms with Gasteiger partial charge < -0.3 is 19.2 Å². The summed E-state index contributed by atoms with van der Waals surface area (Å²) in [5.74, 6) is 0.486. The minimum absolute atomic E-state index is 0.0363. The Bertz CT molecular complexity index is 1050. The van der Waals surface area contributed by atoms with Crippen LogP contribution in [0.2, 0.25) is 0 Å². The molecule has 1 aromatic heterocycles. The van der Waals surface area contributed by atoms with Crippen molar-refractivity contribution in [1.29, 1.82) is 0 Å². The first kappa shape index (κ1) is 19.5. The van der Waals surface area contributed by atoms with E-state index in [0.29, 0.717) is 54.8 Å². The molecule has 1 amide bonds. The van der Waals surface area contributed by atoms with Crippen molar-refractivity contribution < 1.29 is 23.8 Å². The van der Waals surface area contributed by atoms with Crippen LogP contribution in [0.1, 0.15) is 53.2 Å². The van der Waals surface area contributed by atoms with Gasteiger partial charge in [-0.25, -0.2) is 4.79 Å². The maximum Gasteiger partial charge on any atom is 0.340 e. The van der Waals surface area contributed by atoms with Crippen molar-refractivity contribution in [1.82, 2.24) is 4.90 Å². The first-order chi connectivity index (χ1) is 13.9. The third-order valence-corrected chi connectivity index (χ3v) is 6.19. The molecule has 1 aromatic carbocycles. The molecule has 0 spiro atoms. The number of phenols is 1. The summed E-state index contributed by atoms with van der Waals surface area (Å²) < 4.78 is 11.1. The quantitative estimate of drug-likeness (QED) is 0.630. The second-order valence-electron chi connectivity index (χ2n) is 8.08. The molecular formula is C22H25NO6. The van der Waals surface area contributed by atoms with E-state index in [1.165, 1.54) is 0 Å². The molecule has 2 aliphatic heterocycles. The van der Waals surface area contributed by atoms with Crippen molar-refractivity contribution in [2.24, 2.45) is 5.92 Å². The number of likely N-dealkylation sites (tertiary alicyclic amines) is 1. The average molecular weight is 399 g/mol. The lowest BCUT2D eigenvalue weighted by Crippen LogP contribution is -2.39. The molecule has 4 rings (SSSR count). The average Bonchev–Trinajstić information content (AvgIpc) is 2.71. The number of carbonyl (C=O) groups is 2. The number of amides is 1. The Morgan fingerprint density at radius 2 is 2.03 bits per heavy atom. The lowest BCUT2D eigenvalue weighted by molar-refractivity contribution is -0.131. The zero-order valence-electron chi connectivity index (χ0n) is 16.7. The van der Waals surface area contributed by atoms with Gasteiger partial charge in [0.25, 0.3) is 0 Å². The highest BCUT2D eigenvalue weighted by Crippen LogP contribution is 2.43. The highest BCUT2D eigenvalue weighted by atomic mass is 16.5. The van der Waals surface area contributed by atoms with Crippen LogP contribution in [-0.4, -0.2) is 41.9 Å². The van der Waals surface area contributed by atoms with Gasteiger partial charge in [-0.1, -0.05) is 6.92 Å². The second kappa shape index (κ2) is 7.54. The fraction of sp³-hybridized carbons (Fsp3) is 0.500. The van der Waals surface area contributed by atoms with E-state index in [1.54, 1.807) is 11.8 Å². The molecule has 0 unspecified atom stereocenters. The van der Waals surface area contributed by atoms with Crippen LogP contribution >= 0.6 is 0 Å². The Morgan fingerprint density at radius 3 is 2.72 bits per heavy atom. The van der Waals surface area contributed by atoms with Crippen LogP contribution in [0.4, 0.5) is 0 Å². The third kappa shape index (κ3) is 3.28. The number of hydrogen-bond acceptors (Lipinski definition) is 6. The number of piperidine rings is 1. The normalized spacial score (nSPS) is 17.1. The predicted molar refractivity (Wildman–Crippen MR) is 107 cm³/mol. The van der Waals surface area contributed by atoms with Gasteiger partial charge in [-0.2, -0.15) is 0 Å². The summed E-state index contributed by atoms with van der Waals surface area (Å²) in [6, 6.07) is 0. The van der Waals surface area contributed by atoms with E-state index in [4.69, 9.17) is 9.15 Å². The molecule has 7 nitrogen and oxygen atoms in total. The molecule has 0 atom stereocenters. The maximum absolute atomic E-state index is 12.8. The Hall–Kier alpha value is -2.83. The monoisotopic (exact) mass is 399 g/mol. The van der Waals surface area contributed by atoms with Gasteiger partial charge in [-0.15, -0.1) is 0 Å². The number of aryl methyl sites for hydroxylation is 2. The topological polar surface area (TPSA) is 97.1 Å². The molecule has 2 aromatic rings. The zero-order chi connectivity index (χ0) is 20.7. The molecule has 1 N–H and O–H groups in total. The van der Waals surface area contributed by atoms with Crippen molar-refractivity contribution >= 4 is 23.2 Å². The van der Waals surface area contributed by atoms with Gasteiger partial charge in [0.05, 0.1) is 18.6 Å². The van der Waals surface area contributed by atoms with Gasteiger partial charge in [-0.05, 0) is 44.1 Å². The number of benzene rings is 1. The fourth-order valence-electron chi connectivity index (χ4n) is 4.37. The minimum atomic E-state index is -0.645. The van der Waals surface area contributed by atoms with Gasteiger partial charge >= 0.3 is 5.63 Å². The molecule has 29 heavy (non-hydrogen) atoms. The molecule has 0 saturated carbocycles. The maximum atomic E-state index is 12.8. The molecular weight excluding hydrogens is 374 g/mol. The number of aromatic hydroxyl groups is 1.